The summed E-state index contributed by atoms with van der Waals surface area (Å²) in [5, 5.41) is 16.3. The Bertz CT molecular complexity index is 2930. The number of nitrogens with zero attached hydrogens (tertiary/aromatic N) is 2. The van der Waals surface area contributed by atoms with E-state index in [0.29, 0.717) is 60.7 Å². The Balaban J connectivity index is 0.000000250. The molecule has 0 saturated carbocycles. The molecule has 364 valence electrons. The maximum Gasteiger partial charge on any atom is 0.337 e. The lowest BCUT2D eigenvalue weighted by atomic mass is 10.0. The predicted octanol–water partition coefficient (Wildman–Crippen LogP) is 16.7. The van der Waals surface area contributed by atoms with Crippen LogP contribution in [-0.2, 0) is 15.9 Å². The van der Waals surface area contributed by atoms with E-state index in [1.165, 1.54) is 14.2 Å². The number of anilines is 3. The van der Waals surface area contributed by atoms with Gasteiger partial charge in [-0.3, -0.25) is 4.79 Å². The average molecular weight is 1060 g/mol. The number of hydrogen-bond donors (Lipinski definition) is 2. The summed E-state index contributed by atoms with van der Waals surface area (Å²) in [6.45, 7) is 8.40. The van der Waals surface area contributed by atoms with E-state index < -0.39 is 5.97 Å². The van der Waals surface area contributed by atoms with Gasteiger partial charge in [0.2, 0.25) is 0 Å². The molecule has 0 aliphatic carbocycles. The van der Waals surface area contributed by atoms with Gasteiger partial charge in [0.25, 0.3) is 0 Å². The molecule has 0 aliphatic rings. The van der Waals surface area contributed by atoms with E-state index in [-0.39, 0.29) is 24.4 Å². The van der Waals surface area contributed by atoms with E-state index in [9.17, 15) is 14.4 Å². The highest BCUT2D eigenvalue weighted by Crippen LogP contribution is 2.38. The average Bonchev–Trinajstić information content (AvgIpc) is 3.73. The van der Waals surface area contributed by atoms with Gasteiger partial charge in [-0.2, -0.15) is 5.26 Å². The molecule has 0 spiro atoms. The van der Waals surface area contributed by atoms with Crippen LogP contribution in [0.3, 0.4) is 0 Å². The second-order valence-corrected chi connectivity index (χ2v) is 20.0. The molecular weight excluding hydrogens is 1000 g/mol. The summed E-state index contributed by atoms with van der Waals surface area (Å²) in [6.07, 6.45) is 1.55. The van der Waals surface area contributed by atoms with Crippen molar-refractivity contribution in [3.05, 3.63) is 175 Å². The van der Waals surface area contributed by atoms with E-state index in [2.05, 4.69) is 23.9 Å². The molecule has 0 aliphatic heterocycles. The molecule has 0 amide bonds. The highest BCUT2D eigenvalue weighted by Gasteiger charge is 2.23. The van der Waals surface area contributed by atoms with Crippen molar-refractivity contribution in [2.45, 2.75) is 53.2 Å². The van der Waals surface area contributed by atoms with Crippen LogP contribution >= 0.6 is 69.5 Å². The van der Waals surface area contributed by atoms with Gasteiger partial charge in [-0.15, -0.1) is 11.3 Å². The van der Waals surface area contributed by atoms with Gasteiger partial charge in [0.05, 0.1) is 56.4 Å². The maximum atomic E-state index is 12.3. The molecule has 70 heavy (non-hydrogen) atoms. The van der Waals surface area contributed by atoms with Crippen LogP contribution in [0.1, 0.15) is 77.5 Å². The zero-order valence-corrected chi connectivity index (χ0v) is 43.3. The number of ether oxygens (including phenoxy) is 2. The van der Waals surface area contributed by atoms with Gasteiger partial charge >= 0.3 is 11.9 Å². The molecule has 3 N–H and O–H groups in total. The molecule has 0 fully saturated rings. The second kappa shape index (κ2) is 27.5. The number of thioether (sulfide) groups is 1. The van der Waals surface area contributed by atoms with E-state index in [4.69, 9.17) is 67.1 Å². The third-order valence-corrected chi connectivity index (χ3v) is 13.3. The van der Waals surface area contributed by atoms with Gasteiger partial charge in [-0.25, -0.2) is 14.6 Å². The lowest BCUT2D eigenvalue weighted by Crippen LogP contribution is -2.19. The Kier molecular flexibility index (Phi) is 22.3. The molecule has 7 aromatic rings. The number of nitriles is 1. The van der Waals surface area contributed by atoms with Gasteiger partial charge in [0.1, 0.15) is 5.40 Å². The first-order chi connectivity index (χ1) is 33.0. The molecule has 0 saturated heterocycles. The smallest absolute Gasteiger partial charge is 0.337 e. The molecule has 7 rings (SSSR count). The number of nitrogens with two attached hydrogens (primary N) is 1. The number of ketones is 1. The molecule has 6 aromatic carbocycles. The second-order valence-electron chi connectivity index (χ2n) is 16.3. The molecule has 9 nitrogen and oxygen atoms in total. The van der Waals surface area contributed by atoms with Gasteiger partial charge < -0.3 is 20.5 Å². The molecule has 0 radical (unpaired) electrons. The minimum absolute atomic E-state index is 0. The van der Waals surface area contributed by atoms with Crippen molar-refractivity contribution in [1.82, 2.24) is 4.98 Å². The molecule has 1 unspecified atom stereocenters. The first-order valence-electron chi connectivity index (χ1n) is 21.6. The Hall–Kier alpha value is -5.84. The van der Waals surface area contributed by atoms with Crippen molar-refractivity contribution in [3.8, 4) is 38.9 Å². The number of benzene rings is 6. The summed E-state index contributed by atoms with van der Waals surface area (Å²) in [6, 6.07) is 40.9. The number of carbonyl (C=O) groups excluding carboxylic acids is 3. The number of hydrogen-bond acceptors (Lipinski definition) is 11. The summed E-state index contributed by atoms with van der Waals surface area (Å²) in [5.74, 6) is -0.0370. The van der Waals surface area contributed by atoms with Crippen molar-refractivity contribution < 1.29 is 23.9 Å². The third kappa shape index (κ3) is 16.4. The fourth-order valence-electron chi connectivity index (χ4n) is 6.86. The predicted molar refractivity (Wildman–Crippen MR) is 294 cm³/mol. The van der Waals surface area contributed by atoms with Crippen LogP contribution in [0.2, 0.25) is 20.1 Å². The summed E-state index contributed by atoms with van der Waals surface area (Å²) >= 11 is 26.7. The Morgan fingerprint density at radius 1 is 0.657 bits per heavy atom. The van der Waals surface area contributed by atoms with Crippen LogP contribution in [0, 0.1) is 22.5 Å². The minimum atomic E-state index is -0.392. The van der Waals surface area contributed by atoms with Gasteiger partial charge in [-0.1, -0.05) is 148 Å². The quantitative estimate of drug-likeness (QED) is 0.0467. The summed E-state index contributed by atoms with van der Waals surface area (Å²) in [7, 11) is 2.74. The maximum absolute atomic E-state index is 12.3. The topological polar surface area (TPSA) is 144 Å². The number of nitrogen functional groups attached to an aromatic ring is 1. The lowest BCUT2D eigenvalue weighted by molar-refractivity contribution is 0.0592. The van der Waals surface area contributed by atoms with E-state index in [1.807, 2.05) is 110 Å². The number of methoxy groups -OCH3 is 2. The third-order valence-electron chi connectivity index (χ3n) is 10.1. The highest BCUT2D eigenvalue weighted by molar-refractivity contribution is 8.05. The number of thiocyanates is 1. The first-order valence-corrected chi connectivity index (χ1v) is 24.8. The standard InChI is InChI=1S/C27H24Cl2N2O2S.C14H13NO2.C13H13Cl2NOS.CH4/c1-16(2)11-24-25(18-9-10-22(28)23(29)15-18)31-27(34-24)30-21-13-19(17-7-5-4-6-8-17)12-20(14-21)26(32)33-3;1-17-14(16)12-7-11(8-13(15)9-12)10-5-3-2-4-6-10;1-8(2)5-12(18-7-16)13(17)9-3-4-10(14)11(15)6-9;/h4-10,12-16H,11H2,1-3H3,(H,30,31);2-9H,15H2,1H3;3-4,6,8,12H,5H2,1-2H3;1H4. The zero-order valence-electron chi connectivity index (χ0n) is 38.7. The summed E-state index contributed by atoms with van der Waals surface area (Å²) < 4.78 is 9.66. The molecule has 15 heteroatoms. The van der Waals surface area contributed by atoms with Gasteiger partial charge in [-0.05, 0) is 125 Å². The molecule has 1 atom stereocenters. The number of esters is 2. The van der Waals surface area contributed by atoms with Crippen molar-refractivity contribution in [1.29, 1.82) is 5.26 Å². The number of thiazole rings is 1. The zero-order chi connectivity index (χ0) is 50.2. The number of carbonyl (C=O) groups is 3. The molecular formula is C55H54Cl4N4O5S2. The minimum Gasteiger partial charge on any atom is -0.465 e. The Morgan fingerprint density at radius 3 is 1.71 bits per heavy atom. The van der Waals surface area contributed by atoms with Crippen LogP contribution in [0.25, 0.3) is 33.5 Å². The number of Topliss-reactive ketones (excluding diaryl/α,β-unsaturated/α-hetero) is 1. The van der Waals surface area contributed by atoms with Gasteiger partial charge in [0.15, 0.2) is 10.9 Å². The highest BCUT2D eigenvalue weighted by atomic mass is 35.5. The van der Waals surface area contributed by atoms with Crippen molar-refractivity contribution in [3.63, 3.8) is 0 Å². The first kappa shape index (κ1) is 56.7. The molecule has 1 heterocycles. The lowest BCUT2D eigenvalue weighted by Gasteiger charge is -2.14. The van der Waals surface area contributed by atoms with Crippen LogP contribution in [0.5, 0.6) is 0 Å². The Morgan fingerprint density at radius 2 is 1.20 bits per heavy atom. The summed E-state index contributed by atoms with van der Waals surface area (Å²) in [5.41, 5.74) is 14.2. The van der Waals surface area contributed by atoms with Crippen LogP contribution in [-0.4, -0.2) is 42.2 Å². The number of nitrogens with one attached hydrogen (secondary N) is 1. The van der Waals surface area contributed by atoms with Crippen molar-refractivity contribution in [2.75, 3.05) is 25.3 Å². The number of rotatable bonds is 14. The molecule has 1 aromatic heterocycles. The monoisotopic (exact) mass is 1050 g/mol. The van der Waals surface area contributed by atoms with E-state index in [1.54, 1.807) is 53.8 Å². The SMILES string of the molecule is C.CC(C)CC(SC#N)C(=O)c1ccc(Cl)c(Cl)c1.COC(=O)c1cc(N)cc(-c2ccccc2)c1.COC(=O)c1cc(Nc2nc(-c3ccc(Cl)c(Cl)c3)c(CC(C)C)s2)cc(-c2ccccc2)c1. The molecule has 0 bridgehead atoms. The largest absolute Gasteiger partial charge is 0.465 e. The fraction of sp³-hybridized carbons (Fsp3) is 0.218. The number of aromatic nitrogens is 1. The van der Waals surface area contributed by atoms with Crippen molar-refractivity contribution in [2.24, 2.45) is 11.8 Å². The van der Waals surface area contributed by atoms with Crippen LogP contribution < -0.4 is 11.1 Å². The van der Waals surface area contributed by atoms with E-state index in [0.717, 1.165) is 67.4 Å². The van der Waals surface area contributed by atoms with Crippen molar-refractivity contribution >= 4 is 104 Å². The fourth-order valence-corrected chi connectivity index (χ4v) is 9.52. The Labute approximate surface area is 439 Å². The normalized spacial score (nSPS) is 10.9. The summed E-state index contributed by atoms with van der Waals surface area (Å²) in [4.78, 5) is 42.1. The van der Waals surface area contributed by atoms with Gasteiger partial charge in [0, 0.05) is 27.4 Å². The van der Waals surface area contributed by atoms with E-state index >= 15 is 0 Å². The van der Waals surface area contributed by atoms with Crippen LogP contribution in [0.15, 0.2) is 133 Å². The van der Waals surface area contributed by atoms with Crippen LogP contribution in [0.4, 0.5) is 16.5 Å². The number of halogens is 4.